The summed E-state index contributed by atoms with van der Waals surface area (Å²) in [6.07, 6.45) is 1.58. The Labute approximate surface area is 150 Å². The van der Waals surface area contributed by atoms with Gasteiger partial charge in [0.2, 0.25) is 5.91 Å². The molecule has 0 bridgehead atoms. The SMILES string of the molecule is Cc1ccc(NC(=O)c2ccc(CN3CCCC3=O)cc2)cc1Br. The minimum Gasteiger partial charge on any atom is -0.338 e. The van der Waals surface area contributed by atoms with E-state index < -0.39 is 0 Å². The topological polar surface area (TPSA) is 49.4 Å². The Hall–Kier alpha value is -2.14. The number of likely N-dealkylation sites (tertiary alicyclic amines) is 1. The van der Waals surface area contributed by atoms with Crippen LogP contribution in [0, 0.1) is 6.92 Å². The van der Waals surface area contributed by atoms with Gasteiger partial charge in [0.25, 0.3) is 5.91 Å². The number of anilines is 1. The van der Waals surface area contributed by atoms with Crippen LogP contribution in [0.5, 0.6) is 0 Å². The van der Waals surface area contributed by atoms with Gasteiger partial charge in [-0.25, -0.2) is 0 Å². The van der Waals surface area contributed by atoms with Gasteiger partial charge in [-0.15, -0.1) is 0 Å². The van der Waals surface area contributed by atoms with Crippen LogP contribution in [0.2, 0.25) is 0 Å². The summed E-state index contributed by atoms with van der Waals surface area (Å²) in [7, 11) is 0. The van der Waals surface area contributed by atoms with Crippen molar-refractivity contribution >= 4 is 33.4 Å². The van der Waals surface area contributed by atoms with Crippen LogP contribution >= 0.6 is 15.9 Å². The van der Waals surface area contributed by atoms with Crippen LogP contribution in [-0.4, -0.2) is 23.3 Å². The molecule has 2 aromatic rings. The van der Waals surface area contributed by atoms with Crippen LogP contribution in [0.1, 0.15) is 34.3 Å². The Morgan fingerprint density at radius 1 is 1.21 bits per heavy atom. The zero-order chi connectivity index (χ0) is 17.1. The van der Waals surface area contributed by atoms with Crippen LogP contribution in [0.3, 0.4) is 0 Å². The molecule has 0 unspecified atom stereocenters. The molecule has 0 saturated carbocycles. The number of hydrogen-bond donors (Lipinski definition) is 1. The van der Waals surface area contributed by atoms with Crippen molar-refractivity contribution in [2.45, 2.75) is 26.3 Å². The molecule has 0 spiro atoms. The van der Waals surface area contributed by atoms with Gasteiger partial charge in [0.15, 0.2) is 0 Å². The first-order valence-corrected chi connectivity index (χ1v) is 8.76. The van der Waals surface area contributed by atoms with Gasteiger partial charge >= 0.3 is 0 Å². The predicted octanol–water partition coefficient (Wildman–Crippen LogP) is 4.13. The van der Waals surface area contributed by atoms with Gasteiger partial charge in [-0.3, -0.25) is 9.59 Å². The number of nitrogens with zero attached hydrogens (tertiary/aromatic N) is 1. The molecule has 1 fully saturated rings. The van der Waals surface area contributed by atoms with Crippen molar-refractivity contribution in [3.8, 4) is 0 Å². The number of aryl methyl sites for hydroxylation is 1. The van der Waals surface area contributed by atoms with E-state index in [1.165, 1.54) is 0 Å². The molecule has 2 amide bonds. The first kappa shape index (κ1) is 16.7. The summed E-state index contributed by atoms with van der Waals surface area (Å²) >= 11 is 3.46. The summed E-state index contributed by atoms with van der Waals surface area (Å²) in [4.78, 5) is 25.9. The lowest BCUT2D eigenvalue weighted by molar-refractivity contribution is -0.128. The summed E-state index contributed by atoms with van der Waals surface area (Å²) in [5.74, 6) is 0.0660. The Balaban J connectivity index is 1.65. The lowest BCUT2D eigenvalue weighted by atomic mass is 10.1. The minimum atomic E-state index is -0.144. The monoisotopic (exact) mass is 386 g/mol. The van der Waals surface area contributed by atoms with Crippen LogP contribution in [0.15, 0.2) is 46.9 Å². The fourth-order valence-electron chi connectivity index (χ4n) is 2.73. The van der Waals surface area contributed by atoms with E-state index in [0.29, 0.717) is 18.5 Å². The maximum Gasteiger partial charge on any atom is 0.255 e. The van der Waals surface area contributed by atoms with Gasteiger partial charge in [-0.05, 0) is 48.7 Å². The molecule has 1 aliphatic heterocycles. The third-order valence-corrected chi connectivity index (χ3v) is 5.04. The predicted molar refractivity (Wildman–Crippen MR) is 97.9 cm³/mol. The number of carbonyl (C=O) groups excluding carboxylic acids is 2. The number of carbonyl (C=O) groups is 2. The maximum absolute atomic E-state index is 12.3. The van der Waals surface area contributed by atoms with Gasteiger partial charge in [-0.2, -0.15) is 0 Å². The zero-order valence-corrected chi connectivity index (χ0v) is 15.1. The maximum atomic E-state index is 12.3. The van der Waals surface area contributed by atoms with E-state index in [-0.39, 0.29) is 11.8 Å². The highest BCUT2D eigenvalue weighted by Crippen LogP contribution is 2.21. The Kier molecular flexibility index (Phi) is 5.00. The lowest BCUT2D eigenvalue weighted by Gasteiger charge is -2.15. The highest BCUT2D eigenvalue weighted by molar-refractivity contribution is 9.10. The second kappa shape index (κ2) is 7.18. The molecule has 1 heterocycles. The molecule has 0 aromatic heterocycles. The molecule has 1 aliphatic rings. The molecule has 1 N–H and O–H groups in total. The number of amides is 2. The first-order valence-electron chi connectivity index (χ1n) is 7.97. The second-order valence-corrected chi connectivity index (χ2v) is 6.89. The summed E-state index contributed by atoms with van der Waals surface area (Å²) in [5, 5.41) is 2.89. The molecule has 1 saturated heterocycles. The van der Waals surface area contributed by atoms with Crippen molar-refractivity contribution in [3.63, 3.8) is 0 Å². The smallest absolute Gasteiger partial charge is 0.255 e. The normalized spacial score (nSPS) is 14.1. The van der Waals surface area contributed by atoms with Gasteiger partial charge in [-0.1, -0.05) is 34.1 Å². The number of nitrogens with one attached hydrogen (secondary N) is 1. The van der Waals surface area contributed by atoms with Crippen molar-refractivity contribution < 1.29 is 9.59 Å². The van der Waals surface area contributed by atoms with E-state index in [0.717, 1.165) is 34.3 Å². The van der Waals surface area contributed by atoms with E-state index >= 15 is 0 Å². The Morgan fingerprint density at radius 2 is 1.96 bits per heavy atom. The average Bonchev–Trinajstić information content (AvgIpc) is 2.97. The quantitative estimate of drug-likeness (QED) is 0.858. The van der Waals surface area contributed by atoms with Crippen LogP contribution in [-0.2, 0) is 11.3 Å². The molecular weight excluding hydrogens is 368 g/mol. The molecule has 0 aliphatic carbocycles. The van der Waals surface area contributed by atoms with Gasteiger partial charge < -0.3 is 10.2 Å². The van der Waals surface area contributed by atoms with Crippen LogP contribution in [0.25, 0.3) is 0 Å². The number of rotatable bonds is 4. The minimum absolute atomic E-state index is 0.144. The van der Waals surface area contributed by atoms with E-state index in [9.17, 15) is 9.59 Å². The molecular formula is C19H19BrN2O2. The van der Waals surface area contributed by atoms with Crippen molar-refractivity contribution in [1.29, 1.82) is 0 Å². The summed E-state index contributed by atoms with van der Waals surface area (Å²) in [6, 6.07) is 13.1. The van der Waals surface area contributed by atoms with Crippen molar-refractivity contribution in [2.75, 3.05) is 11.9 Å². The Bertz CT molecular complexity index is 771. The zero-order valence-electron chi connectivity index (χ0n) is 13.5. The van der Waals surface area contributed by atoms with Crippen LogP contribution in [0.4, 0.5) is 5.69 Å². The fourth-order valence-corrected chi connectivity index (χ4v) is 3.11. The molecule has 4 nitrogen and oxygen atoms in total. The first-order chi connectivity index (χ1) is 11.5. The number of halogens is 1. The third-order valence-electron chi connectivity index (χ3n) is 4.19. The number of benzene rings is 2. The Morgan fingerprint density at radius 3 is 2.58 bits per heavy atom. The van der Waals surface area contributed by atoms with E-state index in [1.54, 1.807) is 12.1 Å². The third kappa shape index (κ3) is 3.85. The van der Waals surface area contributed by atoms with Crippen molar-refractivity contribution in [1.82, 2.24) is 4.90 Å². The summed E-state index contributed by atoms with van der Waals surface area (Å²) in [6.45, 7) is 3.44. The van der Waals surface area contributed by atoms with E-state index in [1.807, 2.05) is 42.2 Å². The standard InChI is InChI=1S/C19H19BrN2O2/c1-13-4-9-16(11-17(13)20)21-19(24)15-7-5-14(6-8-15)12-22-10-2-3-18(22)23/h4-9,11H,2-3,10,12H2,1H3,(H,21,24). The molecule has 0 atom stereocenters. The molecule has 24 heavy (non-hydrogen) atoms. The molecule has 5 heteroatoms. The largest absolute Gasteiger partial charge is 0.338 e. The molecule has 2 aromatic carbocycles. The molecule has 124 valence electrons. The van der Waals surface area contributed by atoms with Crippen molar-refractivity contribution in [3.05, 3.63) is 63.6 Å². The van der Waals surface area contributed by atoms with Crippen LogP contribution < -0.4 is 5.32 Å². The molecule has 3 rings (SSSR count). The second-order valence-electron chi connectivity index (χ2n) is 6.03. The van der Waals surface area contributed by atoms with Gasteiger partial charge in [0.05, 0.1) is 0 Å². The highest BCUT2D eigenvalue weighted by Gasteiger charge is 2.20. The molecule has 0 radical (unpaired) electrons. The van der Waals surface area contributed by atoms with Gasteiger partial charge in [0, 0.05) is 35.2 Å². The highest BCUT2D eigenvalue weighted by atomic mass is 79.9. The van der Waals surface area contributed by atoms with Gasteiger partial charge in [0.1, 0.15) is 0 Å². The fraction of sp³-hybridized carbons (Fsp3) is 0.263. The van der Waals surface area contributed by atoms with Crippen molar-refractivity contribution in [2.24, 2.45) is 0 Å². The lowest BCUT2D eigenvalue weighted by Crippen LogP contribution is -2.23. The van der Waals surface area contributed by atoms with E-state index in [4.69, 9.17) is 0 Å². The summed E-state index contributed by atoms with van der Waals surface area (Å²) in [5.41, 5.74) is 3.51. The summed E-state index contributed by atoms with van der Waals surface area (Å²) < 4.78 is 0.964. The number of hydrogen-bond acceptors (Lipinski definition) is 2. The average molecular weight is 387 g/mol. The van der Waals surface area contributed by atoms with E-state index in [2.05, 4.69) is 21.2 Å².